The summed E-state index contributed by atoms with van der Waals surface area (Å²) >= 11 is 0. The summed E-state index contributed by atoms with van der Waals surface area (Å²) < 4.78 is 10.9. The number of ether oxygens (including phenoxy) is 2. The van der Waals surface area contributed by atoms with Crippen molar-refractivity contribution >= 4 is 5.97 Å². The predicted molar refractivity (Wildman–Crippen MR) is 55.3 cm³/mol. The average Bonchev–Trinajstić information content (AvgIpc) is 2.57. The first-order valence-electron chi connectivity index (χ1n) is 5.57. The summed E-state index contributed by atoms with van der Waals surface area (Å²) in [6, 6.07) is -0.184. The fraction of sp³-hybridized carbons (Fsp3) is 0.909. The highest BCUT2D eigenvalue weighted by atomic mass is 16.6. The van der Waals surface area contributed by atoms with Gasteiger partial charge in [-0.3, -0.25) is 9.69 Å². The van der Waals surface area contributed by atoms with Crippen molar-refractivity contribution < 1.29 is 14.3 Å². The van der Waals surface area contributed by atoms with Gasteiger partial charge in [0.2, 0.25) is 0 Å². The summed E-state index contributed by atoms with van der Waals surface area (Å²) in [4.78, 5) is 14.0. The quantitative estimate of drug-likeness (QED) is 0.612. The molecule has 0 N–H and O–H groups in total. The number of rotatable bonds is 1. The highest BCUT2D eigenvalue weighted by molar-refractivity contribution is 5.76. The molecule has 2 heterocycles. The third-order valence-electron chi connectivity index (χ3n) is 2.76. The Kier molecular flexibility index (Phi) is 2.73. The van der Waals surface area contributed by atoms with Gasteiger partial charge < -0.3 is 9.47 Å². The van der Waals surface area contributed by atoms with E-state index in [9.17, 15) is 4.79 Å². The molecule has 2 aliphatic rings. The van der Waals surface area contributed by atoms with Crippen LogP contribution < -0.4 is 0 Å². The number of esters is 1. The summed E-state index contributed by atoms with van der Waals surface area (Å²) in [7, 11) is 0. The highest BCUT2D eigenvalue weighted by Crippen LogP contribution is 2.28. The minimum atomic E-state index is -0.408. The van der Waals surface area contributed by atoms with Crippen LogP contribution in [0.5, 0.6) is 0 Å². The van der Waals surface area contributed by atoms with Crippen molar-refractivity contribution in [1.82, 2.24) is 4.90 Å². The van der Waals surface area contributed by atoms with Crippen LogP contribution >= 0.6 is 0 Å². The van der Waals surface area contributed by atoms with Crippen molar-refractivity contribution in [2.75, 3.05) is 13.2 Å². The zero-order chi connectivity index (χ0) is 11.1. The van der Waals surface area contributed by atoms with Crippen LogP contribution in [0.1, 0.15) is 33.6 Å². The van der Waals surface area contributed by atoms with Gasteiger partial charge in [-0.2, -0.15) is 0 Å². The van der Waals surface area contributed by atoms with E-state index in [-0.39, 0.29) is 18.2 Å². The van der Waals surface area contributed by atoms with E-state index < -0.39 is 5.60 Å². The fourth-order valence-corrected chi connectivity index (χ4v) is 2.17. The molecule has 0 saturated carbocycles. The van der Waals surface area contributed by atoms with E-state index in [2.05, 4.69) is 4.90 Å². The van der Waals surface area contributed by atoms with Crippen LogP contribution in [0.15, 0.2) is 0 Å². The minimum Gasteiger partial charge on any atom is -0.459 e. The lowest BCUT2D eigenvalue weighted by Crippen LogP contribution is -2.42. The first-order chi connectivity index (χ1) is 6.97. The molecule has 2 atom stereocenters. The Morgan fingerprint density at radius 1 is 1.47 bits per heavy atom. The van der Waals surface area contributed by atoms with Gasteiger partial charge in [0.15, 0.2) is 0 Å². The van der Waals surface area contributed by atoms with Crippen LogP contribution in [0.4, 0.5) is 0 Å². The van der Waals surface area contributed by atoms with Crippen molar-refractivity contribution in [3.05, 3.63) is 0 Å². The van der Waals surface area contributed by atoms with Gasteiger partial charge in [-0.15, -0.1) is 0 Å². The van der Waals surface area contributed by atoms with Gasteiger partial charge >= 0.3 is 5.97 Å². The van der Waals surface area contributed by atoms with E-state index in [0.717, 1.165) is 19.4 Å². The maximum absolute atomic E-state index is 11.9. The smallest absolute Gasteiger partial charge is 0.326 e. The first kappa shape index (κ1) is 10.9. The third-order valence-corrected chi connectivity index (χ3v) is 2.76. The van der Waals surface area contributed by atoms with E-state index >= 15 is 0 Å². The van der Waals surface area contributed by atoms with E-state index in [4.69, 9.17) is 9.47 Å². The lowest BCUT2D eigenvalue weighted by Gasteiger charge is -2.25. The number of carbonyl (C=O) groups is 1. The first-order valence-corrected chi connectivity index (χ1v) is 5.57. The third kappa shape index (κ3) is 2.32. The molecular formula is C11H19NO3. The summed E-state index contributed by atoms with van der Waals surface area (Å²) in [6.07, 6.45) is 2.31. The van der Waals surface area contributed by atoms with Crippen LogP contribution in [0.25, 0.3) is 0 Å². The summed E-state index contributed by atoms with van der Waals surface area (Å²) in [5, 5.41) is 0. The number of hydrogen-bond donors (Lipinski definition) is 0. The SMILES string of the molecule is CC(C)(C)OC(=O)[C@@H]1CO[C@H]2CCCN21. The van der Waals surface area contributed by atoms with Crippen LogP contribution in [0.3, 0.4) is 0 Å². The number of hydrogen-bond acceptors (Lipinski definition) is 4. The van der Waals surface area contributed by atoms with E-state index in [0.29, 0.717) is 6.61 Å². The lowest BCUT2D eigenvalue weighted by molar-refractivity contribution is -0.159. The Morgan fingerprint density at radius 3 is 2.87 bits per heavy atom. The molecule has 86 valence electrons. The molecule has 0 unspecified atom stereocenters. The Morgan fingerprint density at radius 2 is 2.20 bits per heavy atom. The van der Waals surface area contributed by atoms with E-state index in [1.807, 2.05) is 20.8 Å². The van der Waals surface area contributed by atoms with Crippen molar-refractivity contribution in [2.24, 2.45) is 0 Å². The normalized spacial score (nSPS) is 31.7. The minimum absolute atomic E-state index is 0.146. The second-order valence-electron chi connectivity index (χ2n) is 5.22. The molecular weight excluding hydrogens is 194 g/mol. The molecule has 0 aromatic carbocycles. The summed E-state index contributed by atoms with van der Waals surface area (Å²) in [6.45, 7) is 7.11. The molecule has 0 radical (unpaired) electrons. The standard InChI is InChI=1S/C11H19NO3/c1-11(2,3)15-10(13)8-7-14-9-5-4-6-12(8)9/h8-9H,4-7H2,1-3H3/t8-,9-/m0/s1. The molecule has 2 saturated heterocycles. The molecule has 4 heteroatoms. The van der Waals surface area contributed by atoms with Gasteiger partial charge in [0.25, 0.3) is 0 Å². The molecule has 15 heavy (non-hydrogen) atoms. The molecule has 2 rings (SSSR count). The van der Waals surface area contributed by atoms with Crippen LogP contribution in [-0.4, -0.2) is 41.9 Å². The van der Waals surface area contributed by atoms with Crippen molar-refractivity contribution in [1.29, 1.82) is 0 Å². The van der Waals surface area contributed by atoms with Gasteiger partial charge in [-0.25, -0.2) is 0 Å². The summed E-state index contributed by atoms with van der Waals surface area (Å²) in [5.74, 6) is -0.146. The molecule has 0 aliphatic carbocycles. The molecule has 0 spiro atoms. The van der Waals surface area contributed by atoms with Gasteiger partial charge in [-0.1, -0.05) is 0 Å². The monoisotopic (exact) mass is 213 g/mol. The summed E-state index contributed by atoms with van der Waals surface area (Å²) in [5.41, 5.74) is -0.408. The van der Waals surface area contributed by atoms with Crippen molar-refractivity contribution in [3.8, 4) is 0 Å². The zero-order valence-electron chi connectivity index (χ0n) is 9.66. The number of carbonyl (C=O) groups excluding carboxylic acids is 1. The molecule has 0 aromatic heterocycles. The van der Waals surface area contributed by atoms with Crippen molar-refractivity contribution in [2.45, 2.75) is 51.5 Å². The topological polar surface area (TPSA) is 38.8 Å². The van der Waals surface area contributed by atoms with Crippen LogP contribution in [0.2, 0.25) is 0 Å². The maximum atomic E-state index is 11.9. The van der Waals surface area contributed by atoms with Gasteiger partial charge in [-0.05, 0) is 33.6 Å². The van der Waals surface area contributed by atoms with Gasteiger partial charge in [0, 0.05) is 6.54 Å². The highest BCUT2D eigenvalue weighted by Gasteiger charge is 2.43. The Hall–Kier alpha value is -0.610. The van der Waals surface area contributed by atoms with E-state index in [1.165, 1.54) is 0 Å². The second-order valence-corrected chi connectivity index (χ2v) is 5.22. The zero-order valence-corrected chi connectivity index (χ0v) is 9.66. The molecule has 4 nitrogen and oxygen atoms in total. The van der Waals surface area contributed by atoms with Crippen LogP contribution in [0, 0.1) is 0 Å². The molecule has 2 fully saturated rings. The maximum Gasteiger partial charge on any atom is 0.326 e. The molecule has 2 aliphatic heterocycles. The lowest BCUT2D eigenvalue weighted by atomic mass is 10.2. The number of nitrogens with zero attached hydrogens (tertiary/aromatic N) is 1. The van der Waals surface area contributed by atoms with Crippen LogP contribution in [-0.2, 0) is 14.3 Å². The number of fused-ring (bicyclic) bond motifs is 1. The van der Waals surface area contributed by atoms with Gasteiger partial charge in [0.1, 0.15) is 17.9 Å². The Balaban J connectivity index is 1.96. The molecule has 0 aromatic rings. The predicted octanol–water partition coefficient (Wildman–Crippen LogP) is 1.15. The largest absolute Gasteiger partial charge is 0.459 e. The fourth-order valence-electron chi connectivity index (χ4n) is 2.17. The average molecular weight is 213 g/mol. The second kappa shape index (κ2) is 3.76. The van der Waals surface area contributed by atoms with Gasteiger partial charge in [0.05, 0.1) is 6.61 Å². The molecule has 0 amide bonds. The Bertz CT molecular complexity index is 259. The molecule has 0 bridgehead atoms. The Labute approximate surface area is 90.5 Å². The van der Waals surface area contributed by atoms with Crippen molar-refractivity contribution in [3.63, 3.8) is 0 Å². The van der Waals surface area contributed by atoms with E-state index in [1.54, 1.807) is 0 Å².